The Bertz CT molecular complexity index is 602. The van der Waals surface area contributed by atoms with Crippen LogP contribution in [0.2, 0.25) is 0 Å². The molecule has 6 heteroatoms. The Hall–Kier alpha value is -1.24. The maximum atomic E-state index is 12.4. The highest BCUT2D eigenvalue weighted by molar-refractivity contribution is 7.22. The molecule has 1 fully saturated rings. The number of carbonyl (C=O) groups is 1. The van der Waals surface area contributed by atoms with Gasteiger partial charge < -0.3 is 11.1 Å². The van der Waals surface area contributed by atoms with Crippen molar-refractivity contribution in [2.75, 3.05) is 6.54 Å². The van der Waals surface area contributed by atoms with Crippen molar-refractivity contribution in [2.45, 2.75) is 25.8 Å². The first kappa shape index (κ1) is 13.7. The van der Waals surface area contributed by atoms with Crippen LogP contribution in [0.1, 0.15) is 28.2 Å². The van der Waals surface area contributed by atoms with E-state index in [0.29, 0.717) is 17.3 Å². The van der Waals surface area contributed by atoms with Gasteiger partial charge in [-0.25, -0.2) is 4.98 Å². The summed E-state index contributed by atoms with van der Waals surface area (Å²) >= 11 is 3.10. The predicted octanol–water partition coefficient (Wildman–Crippen LogP) is 2.65. The van der Waals surface area contributed by atoms with Gasteiger partial charge in [0.15, 0.2) is 0 Å². The van der Waals surface area contributed by atoms with Gasteiger partial charge in [0, 0.05) is 12.6 Å². The van der Waals surface area contributed by atoms with E-state index in [-0.39, 0.29) is 11.9 Å². The average molecular weight is 307 g/mol. The highest BCUT2D eigenvalue weighted by Crippen LogP contribution is 2.33. The number of hydrogen-bond donors (Lipinski definition) is 2. The van der Waals surface area contributed by atoms with Crippen LogP contribution in [0.3, 0.4) is 0 Å². The third-order valence-electron chi connectivity index (χ3n) is 3.50. The van der Waals surface area contributed by atoms with Gasteiger partial charge in [-0.1, -0.05) is 6.07 Å². The van der Waals surface area contributed by atoms with Crippen LogP contribution in [0, 0.1) is 12.8 Å². The standard InChI is InChI=1S/C14H17N3OS2/c1-8-12(13(18)17-10(7-15)9-4-5-9)20-14(16-8)11-3-2-6-19-11/h2-3,6,9-10H,4-5,7,15H2,1H3,(H,17,18). The molecule has 2 heterocycles. The predicted molar refractivity (Wildman–Crippen MR) is 83.2 cm³/mol. The zero-order chi connectivity index (χ0) is 14.1. The normalized spacial score (nSPS) is 16.1. The second-order valence-corrected chi connectivity index (χ2v) is 7.01. The van der Waals surface area contributed by atoms with E-state index >= 15 is 0 Å². The topological polar surface area (TPSA) is 68.0 Å². The summed E-state index contributed by atoms with van der Waals surface area (Å²) in [5, 5.41) is 5.99. The SMILES string of the molecule is Cc1nc(-c2cccs2)sc1C(=O)NC(CN)C1CC1. The number of hydrogen-bond acceptors (Lipinski definition) is 5. The van der Waals surface area contributed by atoms with Crippen LogP contribution in [0.15, 0.2) is 17.5 Å². The number of aryl methyl sites for hydroxylation is 1. The maximum Gasteiger partial charge on any atom is 0.263 e. The zero-order valence-electron chi connectivity index (χ0n) is 11.3. The molecule has 1 aliphatic carbocycles. The Morgan fingerprint density at radius 1 is 1.60 bits per heavy atom. The van der Waals surface area contributed by atoms with Gasteiger partial charge in [-0.2, -0.15) is 0 Å². The number of nitrogens with two attached hydrogens (primary N) is 1. The minimum Gasteiger partial charge on any atom is -0.347 e. The van der Waals surface area contributed by atoms with Crippen LogP contribution in [-0.4, -0.2) is 23.5 Å². The molecule has 4 nitrogen and oxygen atoms in total. The Labute approximate surface area is 126 Å². The van der Waals surface area contributed by atoms with Crippen LogP contribution in [0.5, 0.6) is 0 Å². The summed E-state index contributed by atoms with van der Waals surface area (Å²) < 4.78 is 0. The fraction of sp³-hybridized carbons (Fsp3) is 0.429. The van der Waals surface area contributed by atoms with E-state index in [2.05, 4.69) is 10.3 Å². The highest BCUT2D eigenvalue weighted by atomic mass is 32.1. The van der Waals surface area contributed by atoms with E-state index < -0.39 is 0 Å². The van der Waals surface area contributed by atoms with Crippen molar-refractivity contribution in [2.24, 2.45) is 11.7 Å². The Balaban J connectivity index is 1.77. The molecule has 3 rings (SSSR count). The number of amides is 1. The van der Waals surface area contributed by atoms with Crippen LogP contribution in [0.4, 0.5) is 0 Å². The molecule has 20 heavy (non-hydrogen) atoms. The van der Waals surface area contributed by atoms with Gasteiger partial charge in [0.1, 0.15) is 9.88 Å². The molecule has 0 bridgehead atoms. The Kier molecular flexibility index (Phi) is 3.87. The van der Waals surface area contributed by atoms with Crippen molar-refractivity contribution >= 4 is 28.6 Å². The van der Waals surface area contributed by atoms with Crippen LogP contribution in [-0.2, 0) is 0 Å². The summed E-state index contributed by atoms with van der Waals surface area (Å²) in [6.07, 6.45) is 2.34. The van der Waals surface area contributed by atoms with Crippen LogP contribution < -0.4 is 11.1 Å². The maximum absolute atomic E-state index is 12.4. The first-order chi connectivity index (χ1) is 9.69. The second-order valence-electron chi connectivity index (χ2n) is 5.06. The van der Waals surface area contributed by atoms with E-state index in [1.54, 1.807) is 11.3 Å². The van der Waals surface area contributed by atoms with Gasteiger partial charge in [-0.05, 0) is 37.1 Å². The van der Waals surface area contributed by atoms with Gasteiger partial charge in [0.2, 0.25) is 0 Å². The third-order valence-corrected chi connectivity index (χ3v) is 5.69. The Morgan fingerprint density at radius 2 is 2.40 bits per heavy atom. The monoisotopic (exact) mass is 307 g/mol. The summed E-state index contributed by atoms with van der Waals surface area (Å²) in [6, 6.07) is 4.13. The lowest BCUT2D eigenvalue weighted by Crippen LogP contribution is -2.41. The van der Waals surface area contributed by atoms with E-state index in [0.717, 1.165) is 15.6 Å². The summed E-state index contributed by atoms with van der Waals surface area (Å²) in [6.45, 7) is 2.39. The molecule has 0 aromatic carbocycles. The Morgan fingerprint density at radius 3 is 3.00 bits per heavy atom. The molecule has 0 saturated heterocycles. The molecule has 1 atom stereocenters. The number of carbonyl (C=O) groups excluding carboxylic acids is 1. The molecule has 106 valence electrons. The summed E-state index contributed by atoms with van der Waals surface area (Å²) in [7, 11) is 0. The zero-order valence-corrected chi connectivity index (χ0v) is 12.9. The summed E-state index contributed by atoms with van der Waals surface area (Å²) in [5.41, 5.74) is 6.53. The van der Waals surface area contributed by atoms with E-state index in [1.165, 1.54) is 24.2 Å². The van der Waals surface area contributed by atoms with Crippen molar-refractivity contribution in [3.05, 3.63) is 28.1 Å². The molecule has 2 aromatic rings. The molecule has 3 N–H and O–H groups in total. The number of nitrogens with one attached hydrogen (secondary N) is 1. The van der Waals surface area contributed by atoms with E-state index in [1.807, 2.05) is 24.4 Å². The van der Waals surface area contributed by atoms with Gasteiger partial charge in [0.05, 0.1) is 10.6 Å². The molecular weight excluding hydrogens is 290 g/mol. The van der Waals surface area contributed by atoms with Crippen molar-refractivity contribution in [1.29, 1.82) is 0 Å². The lowest BCUT2D eigenvalue weighted by molar-refractivity contribution is 0.0937. The summed E-state index contributed by atoms with van der Waals surface area (Å²) in [4.78, 5) is 18.7. The lowest BCUT2D eigenvalue weighted by Gasteiger charge is -2.15. The molecule has 1 unspecified atom stereocenters. The molecule has 0 aliphatic heterocycles. The minimum absolute atomic E-state index is 0.0369. The number of nitrogens with zero attached hydrogens (tertiary/aromatic N) is 1. The number of aromatic nitrogens is 1. The number of rotatable bonds is 5. The molecule has 0 spiro atoms. The lowest BCUT2D eigenvalue weighted by atomic mass is 10.2. The van der Waals surface area contributed by atoms with Gasteiger partial charge in [-0.3, -0.25) is 4.79 Å². The largest absolute Gasteiger partial charge is 0.347 e. The van der Waals surface area contributed by atoms with Crippen molar-refractivity contribution < 1.29 is 4.79 Å². The van der Waals surface area contributed by atoms with Crippen molar-refractivity contribution in [1.82, 2.24) is 10.3 Å². The summed E-state index contributed by atoms with van der Waals surface area (Å²) in [5.74, 6) is 0.527. The molecular formula is C14H17N3OS2. The highest BCUT2D eigenvalue weighted by Gasteiger charge is 2.32. The van der Waals surface area contributed by atoms with Gasteiger partial charge >= 0.3 is 0 Å². The first-order valence-electron chi connectivity index (χ1n) is 6.71. The molecule has 1 saturated carbocycles. The van der Waals surface area contributed by atoms with E-state index in [4.69, 9.17) is 5.73 Å². The van der Waals surface area contributed by atoms with Gasteiger partial charge in [-0.15, -0.1) is 22.7 Å². The number of thiazole rings is 1. The van der Waals surface area contributed by atoms with Crippen LogP contribution in [0.25, 0.3) is 9.88 Å². The molecule has 1 amide bonds. The average Bonchev–Trinajstić information content (AvgIpc) is 2.99. The molecule has 0 radical (unpaired) electrons. The van der Waals surface area contributed by atoms with E-state index in [9.17, 15) is 4.79 Å². The fourth-order valence-corrected chi connectivity index (χ4v) is 3.98. The fourth-order valence-electron chi connectivity index (χ4n) is 2.21. The number of thiophene rings is 1. The second kappa shape index (κ2) is 5.63. The smallest absolute Gasteiger partial charge is 0.263 e. The first-order valence-corrected chi connectivity index (χ1v) is 8.41. The van der Waals surface area contributed by atoms with Crippen molar-refractivity contribution in [3.63, 3.8) is 0 Å². The van der Waals surface area contributed by atoms with Crippen molar-refractivity contribution in [3.8, 4) is 9.88 Å². The molecule has 2 aromatic heterocycles. The minimum atomic E-state index is -0.0369. The van der Waals surface area contributed by atoms with Crippen LogP contribution >= 0.6 is 22.7 Å². The molecule has 1 aliphatic rings. The van der Waals surface area contributed by atoms with Gasteiger partial charge in [0.25, 0.3) is 5.91 Å². The third kappa shape index (κ3) is 2.77. The quantitative estimate of drug-likeness (QED) is 0.892.